The van der Waals surface area contributed by atoms with Crippen LogP contribution in [0, 0.1) is 5.82 Å². The molecule has 2 aromatic rings. The summed E-state index contributed by atoms with van der Waals surface area (Å²) in [5, 5.41) is 5.65. The van der Waals surface area contributed by atoms with Gasteiger partial charge in [0.05, 0.1) is 19.0 Å². The van der Waals surface area contributed by atoms with E-state index >= 15 is 0 Å². The number of anilines is 3. The van der Waals surface area contributed by atoms with Crippen LogP contribution in [0.1, 0.15) is 0 Å². The van der Waals surface area contributed by atoms with Crippen LogP contribution in [0.4, 0.5) is 21.8 Å². The van der Waals surface area contributed by atoms with E-state index in [1.807, 2.05) is 0 Å². The van der Waals surface area contributed by atoms with Gasteiger partial charge in [-0.2, -0.15) is 4.98 Å². The monoisotopic (exact) mass is 326 g/mol. The highest BCUT2D eigenvalue weighted by Gasteiger charge is 2.09. The molecule has 0 aliphatic carbocycles. The fourth-order valence-electron chi connectivity index (χ4n) is 1.43. The van der Waals surface area contributed by atoms with E-state index in [1.165, 1.54) is 0 Å². The first-order valence-electron chi connectivity index (χ1n) is 5.45. The molecule has 0 unspecified atom stereocenters. The molecule has 100 valence electrons. The first kappa shape index (κ1) is 13.5. The lowest BCUT2D eigenvalue weighted by atomic mass is 10.3. The second-order valence-corrected chi connectivity index (χ2v) is 4.47. The van der Waals surface area contributed by atoms with Gasteiger partial charge in [0.2, 0.25) is 5.95 Å². The number of rotatable bonds is 4. The Balaban J connectivity index is 2.35. The van der Waals surface area contributed by atoms with Crippen LogP contribution in [0.3, 0.4) is 0 Å². The highest BCUT2D eigenvalue weighted by molar-refractivity contribution is 9.10. The van der Waals surface area contributed by atoms with Crippen LogP contribution >= 0.6 is 15.9 Å². The van der Waals surface area contributed by atoms with Crippen molar-refractivity contribution >= 4 is 33.4 Å². The van der Waals surface area contributed by atoms with Crippen LogP contribution in [0.15, 0.2) is 28.9 Å². The molecule has 0 bridgehead atoms. The van der Waals surface area contributed by atoms with Crippen molar-refractivity contribution in [1.82, 2.24) is 9.97 Å². The van der Waals surface area contributed by atoms with Crippen LogP contribution in [0.2, 0.25) is 0 Å². The molecule has 0 atom stereocenters. The molecule has 1 heterocycles. The molecule has 5 nitrogen and oxygen atoms in total. The maximum absolute atomic E-state index is 13.6. The normalized spacial score (nSPS) is 10.1. The van der Waals surface area contributed by atoms with Crippen LogP contribution in [0.25, 0.3) is 0 Å². The van der Waals surface area contributed by atoms with Gasteiger partial charge in [0, 0.05) is 17.6 Å². The Morgan fingerprint density at radius 2 is 2.16 bits per heavy atom. The first-order chi connectivity index (χ1) is 9.13. The minimum absolute atomic E-state index is 0.0910. The molecule has 0 fully saturated rings. The summed E-state index contributed by atoms with van der Waals surface area (Å²) in [7, 11) is 3.23. The average molecular weight is 327 g/mol. The third-order valence-electron chi connectivity index (χ3n) is 2.39. The summed E-state index contributed by atoms with van der Waals surface area (Å²) in [5.41, 5.74) is 0.652. The predicted molar refractivity (Wildman–Crippen MR) is 75.5 cm³/mol. The zero-order valence-electron chi connectivity index (χ0n) is 10.4. The van der Waals surface area contributed by atoms with Gasteiger partial charge in [-0.3, -0.25) is 0 Å². The zero-order valence-corrected chi connectivity index (χ0v) is 12.0. The number of nitrogens with one attached hydrogen (secondary N) is 2. The SMILES string of the molecule is CNc1ncc(F)c(Nc2cc(OC)ccc2Br)n1. The Bertz CT molecular complexity index is 542. The Morgan fingerprint density at radius 3 is 2.84 bits per heavy atom. The van der Waals surface area contributed by atoms with E-state index in [1.54, 1.807) is 32.4 Å². The van der Waals surface area contributed by atoms with Gasteiger partial charge < -0.3 is 15.4 Å². The lowest BCUT2D eigenvalue weighted by molar-refractivity contribution is 0.415. The molecule has 0 spiro atoms. The van der Waals surface area contributed by atoms with Crippen molar-refractivity contribution in [2.75, 3.05) is 24.8 Å². The molecular weight excluding hydrogens is 315 g/mol. The van der Waals surface area contributed by atoms with Gasteiger partial charge in [-0.05, 0) is 28.1 Å². The maximum Gasteiger partial charge on any atom is 0.224 e. The van der Waals surface area contributed by atoms with E-state index in [9.17, 15) is 4.39 Å². The molecule has 0 saturated heterocycles. The molecule has 1 aromatic carbocycles. The number of hydrogen-bond acceptors (Lipinski definition) is 5. The van der Waals surface area contributed by atoms with E-state index in [-0.39, 0.29) is 5.82 Å². The topological polar surface area (TPSA) is 59.1 Å². The molecule has 0 saturated carbocycles. The van der Waals surface area contributed by atoms with Gasteiger partial charge in [0.15, 0.2) is 11.6 Å². The van der Waals surface area contributed by atoms with Crippen molar-refractivity contribution < 1.29 is 9.13 Å². The van der Waals surface area contributed by atoms with Crippen molar-refractivity contribution in [3.63, 3.8) is 0 Å². The largest absolute Gasteiger partial charge is 0.497 e. The second kappa shape index (κ2) is 5.83. The quantitative estimate of drug-likeness (QED) is 0.903. The molecular formula is C12H12BrFN4O. The van der Waals surface area contributed by atoms with Crippen molar-refractivity contribution in [1.29, 1.82) is 0 Å². The van der Waals surface area contributed by atoms with Crippen LogP contribution < -0.4 is 15.4 Å². The minimum atomic E-state index is -0.534. The summed E-state index contributed by atoms with van der Waals surface area (Å²) in [6.07, 6.45) is 1.11. The van der Waals surface area contributed by atoms with E-state index < -0.39 is 5.82 Å². The second-order valence-electron chi connectivity index (χ2n) is 3.61. The molecule has 0 radical (unpaired) electrons. The molecule has 2 N–H and O–H groups in total. The molecule has 0 aliphatic rings. The third-order valence-corrected chi connectivity index (χ3v) is 3.09. The summed E-state index contributed by atoms with van der Waals surface area (Å²) in [5.74, 6) is 0.555. The van der Waals surface area contributed by atoms with Crippen LogP contribution in [-0.4, -0.2) is 24.1 Å². The Kier molecular flexibility index (Phi) is 4.16. The summed E-state index contributed by atoms with van der Waals surface area (Å²) < 4.78 is 19.5. The average Bonchev–Trinajstić information content (AvgIpc) is 2.43. The predicted octanol–water partition coefficient (Wildman–Crippen LogP) is 3.17. The summed E-state index contributed by atoms with van der Waals surface area (Å²) >= 11 is 3.38. The van der Waals surface area contributed by atoms with E-state index in [0.29, 0.717) is 17.4 Å². The van der Waals surface area contributed by atoms with Gasteiger partial charge in [-0.25, -0.2) is 9.37 Å². The van der Waals surface area contributed by atoms with E-state index in [4.69, 9.17) is 4.74 Å². The van der Waals surface area contributed by atoms with Gasteiger partial charge in [-0.15, -0.1) is 0 Å². The number of nitrogens with zero attached hydrogens (tertiary/aromatic N) is 2. The lowest BCUT2D eigenvalue weighted by Crippen LogP contribution is -2.03. The molecule has 0 aliphatic heterocycles. The number of aromatic nitrogens is 2. The molecule has 7 heteroatoms. The molecule has 1 aromatic heterocycles. The van der Waals surface area contributed by atoms with E-state index in [2.05, 4.69) is 36.5 Å². The lowest BCUT2D eigenvalue weighted by Gasteiger charge is -2.11. The number of methoxy groups -OCH3 is 1. The zero-order chi connectivity index (χ0) is 13.8. The minimum Gasteiger partial charge on any atom is -0.497 e. The van der Waals surface area contributed by atoms with Crippen LogP contribution in [-0.2, 0) is 0 Å². The van der Waals surface area contributed by atoms with Gasteiger partial charge in [0.1, 0.15) is 5.75 Å². The van der Waals surface area contributed by atoms with Crippen molar-refractivity contribution in [3.8, 4) is 5.75 Å². The number of halogens is 2. The van der Waals surface area contributed by atoms with Gasteiger partial charge in [0.25, 0.3) is 0 Å². The highest BCUT2D eigenvalue weighted by Crippen LogP contribution is 2.30. The van der Waals surface area contributed by atoms with E-state index in [0.717, 1.165) is 10.7 Å². The van der Waals surface area contributed by atoms with Gasteiger partial charge in [-0.1, -0.05) is 0 Å². The maximum atomic E-state index is 13.6. The first-order valence-corrected chi connectivity index (χ1v) is 6.24. The van der Waals surface area contributed by atoms with Gasteiger partial charge >= 0.3 is 0 Å². The fraction of sp³-hybridized carbons (Fsp3) is 0.167. The standard InChI is InChI=1S/C12H12BrFN4O/c1-15-12-16-6-9(14)11(18-12)17-10-5-7(19-2)3-4-8(10)13/h3-6H,1-2H3,(H2,15,16,17,18). The van der Waals surface area contributed by atoms with Crippen molar-refractivity contribution in [2.45, 2.75) is 0 Å². The Labute approximate surface area is 118 Å². The van der Waals surface area contributed by atoms with Crippen molar-refractivity contribution in [3.05, 3.63) is 34.7 Å². The number of hydrogen-bond donors (Lipinski definition) is 2. The van der Waals surface area contributed by atoms with Crippen molar-refractivity contribution in [2.24, 2.45) is 0 Å². The number of ether oxygens (including phenoxy) is 1. The highest BCUT2D eigenvalue weighted by atomic mass is 79.9. The molecule has 19 heavy (non-hydrogen) atoms. The third kappa shape index (κ3) is 3.11. The Morgan fingerprint density at radius 1 is 1.37 bits per heavy atom. The number of benzene rings is 1. The summed E-state index contributed by atoms with van der Waals surface area (Å²) in [6, 6.07) is 5.34. The summed E-state index contributed by atoms with van der Waals surface area (Å²) in [6.45, 7) is 0. The summed E-state index contributed by atoms with van der Waals surface area (Å²) in [4.78, 5) is 7.79. The molecule has 2 rings (SSSR count). The smallest absolute Gasteiger partial charge is 0.224 e. The van der Waals surface area contributed by atoms with Crippen LogP contribution in [0.5, 0.6) is 5.75 Å². The fourth-order valence-corrected chi connectivity index (χ4v) is 1.78. The molecule has 0 amide bonds. The Hall–Kier alpha value is -1.89.